The van der Waals surface area contributed by atoms with Gasteiger partial charge in [0.2, 0.25) is 5.91 Å². The van der Waals surface area contributed by atoms with E-state index in [1.807, 2.05) is 16.7 Å². The molecule has 3 nitrogen and oxygen atoms in total. The second kappa shape index (κ2) is 5.41. The van der Waals surface area contributed by atoms with Gasteiger partial charge in [-0.1, -0.05) is 33.6 Å². The predicted octanol–water partition coefficient (Wildman–Crippen LogP) is 2.25. The van der Waals surface area contributed by atoms with Crippen LogP contribution >= 0.6 is 11.8 Å². The molecule has 2 rings (SSSR count). The van der Waals surface area contributed by atoms with Gasteiger partial charge in [0, 0.05) is 23.6 Å². The fraction of sp³-hybridized carbons (Fsp3) is 0.929. The average Bonchev–Trinajstić information content (AvgIpc) is 2.26. The van der Waals surface area contributed by atoms with Crippen LogP contribution in [0, 0.1) is 5.92 Å². The van der Waals surface area contributed by atoms with Crippen molar-refractivity contribution in [3.8, 4) is 0 Å². The van der Waals surface area contributed by atoms with E-state index >= 15 is 0 Å². The Bertz CT molecular complexity index is 313. The lowest BCUT2D eigenvalue weighted by Crippen LogP contribution is -2.60. The maximum absolute atomic E-state index is 12.7. The number of carbonyl (C=O) groups excluding carboxylic acids is 1. The first-order chi connectivity index (χ1) is 8.40. The molecule has 104 valence electrons. The highest BCUT2D eigenvalue weighted by atomic mass is 32.2. The molecule has 0 aromatic rings. The zero-order valence-corrected chi connectivity index (χ0v) is 12.6. The Morgan fingerprint density at radius 2 is 1.89 bits per heavy atom. The van der Waals surface area contributed by atoms with Crippen LogP contribution in [-0.4, -0.2) is 39.9 Å². The molecule has 0 bridgehead atoms. The van der Waals surface area contributed by atoms with Crippen LogP contribution in [0.2, 0.25) is 0 Å². The molecule has 1 saturated carbocycles. The van der Waals surface area contributed by atoms with Crippen molar-refractivity contribution in [3.05, 3.63) is 0 Å². The van der Waals surface area contributed by atoms with E-state index in [9.17, 15) is 4.79 Å². The summed E-state index contributed by atoms with van der Waals surface area (Å²) in [6.45, 7) is 8.34. The summed E-state index contributed by atoms with van der Waals surface area (Å²) in [7, 11) is 0. The lowest BCUT2D eigenvalue weighted by atomic mass is 9.76. The summed E-state index contributed by atoms with van der Waals surface area (Å²) < 4.78 is 0. The van der Waals surface area contributed by atoms with Crippen molar-refractivity contribution in [1.29, 1.82) is 0 Å². The summed E-state index contributed by atoms with van der Waals surface area (Å²) in [6.07, 6.45) is 4.03. The van der Waals surface area contributed by atoms with Gasteiger partial charge in [0.05, 0.1) is 5.54 Å². The van der Waals surface area contributed by atoms with Gasteiger partial charge in [0.25, 0.3) is 0 Å². The summed E-state index contributed by atoms with van der Waals surface area (Å²) in [5.74, 6) is 0.787. The highest BCUT2D eigenvalue weighted by Gasteiger charge is 2.42. The van der Waals surface area contributed by atoms with E-state index in [4.69, 9.17) is 5.73 Å². The van der Waals surface area contributed by atoms with Crippen LogP contribution in [0.3, 0.4) is 0 Å². The molecule has 1 aliphatic carbocycles. The number of carbonyl (C=O) groups is 1. The third kappa shape index (κ3) is 3.02. The van der Waals surface area contributed by atoms with Gasteiger partial charge < -0.3 is 10.6 Å². The molecule has 1 heterocycles. The van der Waals surface area contributed by atoms with Gasteiger partial charge in [-0.3, -0.25) is 4.79 Å². The molecule has 4 atom stereocenters. The summed E-state index contributed by atoms with van der Waals surface area (Å²) in [5, 5.41) is 1.06. The standard InChI is InChI=1S/C14H26N2OS/c1-10-5-4-6-14(15,7-10)13(17)16-8-11(2)18-12(3)9-16/h10-12H,4-9,15H2,1-3H3. The zero-order chi connectivity index (χ0) is 13.3. The van der Waals surface area contributed by atoms with Gasteiger partial charge in [-0.05, 0) is 18.8 Å². The molecular formula is C14H26N2OS. The molecule has 1 amide bonds. The third-order valence-corrected chi connectivity index (χ3v) is 5.39. The van der Waals surface area contributed by atoms with Crippen molar-refractivity contribution in [2.75, 3.05) is 13.1 Å². The Balaban J connectivity index is 2.05. The van der Waals surface area contributed by atoms with Gasteiger partial charge in [-0.25, -0.2) is 0 Å². The van der Waals surface area contributed by atoms with Crippen LogP contribution in [-0.2, 0) is 4.79 Å². The minimum atomic E-state index is -0.584. The number of thioether (sulfide) groups is 1. The Morgan fingerprint density at radius 1 is 1.28 bits per heavy atom. The predicted molar refractivity (Wildman–Crippen MR) is 77.6 cm³/mol. The highest BCUT2D eigenvalue weighted by Crippen LogP contribution is 2.33. The Kier molecular flexibility index (Phi) is 4.27. The Morgan fingerprint density at radius 3 is 2.44 bits per heavy atom. The quantitative estimate of drug-likeness (QED) is 0.795. The van der Waals surface area contributed by atoms with E-state index in [0.29, 0.717) is 16.4 Å². The summed E-state index contributed by atoms with van der Waals surface area (Å²) >= 11 is 1.97. The van der Waals surface area contributed by atoms with Crippen molar-refractivity contribution < 1.29 is 4.79 Å². The van der Waals surface area contributed by atoms with Crippen LogP contribution in [0.5, 0.6) is 0 Å². The van der Waals surface area contributed by atoms with Crippen LogP contribution in [0.15, 0.2) is 0 Å². The smallest absolute Gasteiger partial charge is 0.242 e. The third-order valence-electron chi connectivity index (χ3n) is 4.17. The monoisotopic (exact) mass is 270 g/mol. The first-order valence-electron chi connectivity index (χ1n) is 7.14. The average molecular weight is 270 g/mol. The fourth-order valence-electron chi connectivity index (χ4n) is 3.44. The molecule has 2 aliphatic rings. The minimum absolute atomic E-state index is 0.202. The van der Waals surface area contributed by atoms with Gasteiger partial charge in [-0.15, -0.1) is 0 Å². The Hall–Kier alpha value is -0.220. The van der Waals surface area contributed by atoms with Gasteiger partial charge in [0.15, 0.2) is 0 Å². The van der Waals surface area contributed by atoms with E-state index in [1.165, 1.54) is 6.42 Å². The first kappa shape index (κ1) is 14.2. The summed E-state index contributed by atoms with van der Waals surface area (Å²) in [6, 6.07) is 0. The lowest BCUT2D eigenvalue weighted by molar-refractivity contribution is -0.139. The van der Waals surface area contributed by atoms with E-state index in [0.717, 1.165) is 32.4 Å². The normalized spacial score (nSPS) is 41.8. The number of nitrogens with zero attached hydrogens (tertiary/aromatic N) is 1. The molecule has 0 aromatic carbocycles. The molecule has 4 unspecified atom stereocenters. The lowest BCUT2D eigenvalue weighted by Gasteiger charge is -2.42. The van der Waals surface area contributed by atoms with Crippen LogP contribution in [0.25, 0.3) is 0 Å². The van der Waals surface area contributed by atoms with Crippen molar-refractivity contribution in [2.45, 2.75) is 62.5 Å². The Labute approximate surface area is 115 Å². The number of hydrogen-bond acceptors (Lipinski definition) is 3. The molecule has 2 N–H and O–H groups in total. The summed E-state index contributed by atoms with van der Waals surface area (Å²) in [4.78, 5) is 14.7. The van der Waals surface area contributed by atoms with Crippen LogP contribution in [0.1, 0.15) is 46.5 Å². The molecule has 0 aromatic heterocycles. The van der Waals surface area contributed by atoms with E-state index in [1.54, 1.807) is 0 Å². The molecule has 1 saturated heterocycles. The second-order valence-corrected chi connectivity index (χ2v) is 8.21. The second-order valence-electron chi connectivity index (χ2n) is 6.33. The highest BCUT2D eigenvalue weighted by molar-refractivity contribution is 8.00. The number of nitrogens with two attached hydrogens (primary N) is 1. The number of amides is 1. The molecule has 0 radical (unpaired) electrons. The largest absolute Gasteiger partial charge is 0.339 e. The van der Waals surface area contributed by atoms with E-state index < -0.39 is 5.54 Å². The van der Waals surface area contributed by atoms with Gasteiger partial charge in [0.1, 0.15) is 0 Å². The van der Waals surface area contributed by atoms with Crippen LogP contribution in [0.4, 0.5) is 0 Å². The molecule has 2 fully saturated rings. The molecule has 4 heteroatoms. The SMILES string of the molecule is CC1CCCC(N)(C(=O)N2CC(C)SC(C)C2)C1. The van der Waals surface area contributed by atoms with Crippen molar-refractivity contribution in [2.24, 2.45) is 11.7 Å². The van der Waals surface area contributed by atoms with Gasteiger partial charge >= 0.3 is 0 Å². The fourth-order valence-corrected chi connectivity index (χ4v) is 4.77. The maximum Gasteiger partial charge on any atom is 0.242 e. The number of rotatable bonds is 1. The summed E-state index contributed by atoms with van der Waals surface area (Å²) in [5.41, 5.74) is 5.83. The van der Waals surface area contributed by atoms with Crippen LogP contribution < -0.4 is 5.73 Å². The maximum atomic E-state index is 12.7. The molecular weight excluding hydrogens is 244 g/mol. The first-order valence-corrected chi connectivity index (χ1v) is 8.09. The van der Waals surface area contributed by atoms with Gasteiger partial charge in [-0.2, -0.15) is 11.8 Å². The van der Waals surface area contributed by atoms with E-state index in [-0.39, 0.29) is 5.91 Å². The molecule has 1 aliphatic heterocycles. The van der Waals surface area contributed by atoms with Crippen molar-refractivity contribution in [1.82, 2.24) is 4.90 Å². The number of hydrogen-bond donors (Lipinski definition) is 1. The topological polar surface area (TPSA) is 46.3 Å². The van der Waals surface area contributed by atoms with E-state index in [2.05, 4.69) is 20.8 Å². The molecule has 0 spiro atoms. The molecule has 18 heavy (non-hydrogen) atoms. The van der Waals surface area contributed by atoms with Crippen molar-refractivity contribution in [3.63, 3.8) is 0 Å². The zero-order valence-electron chi connectivity index (χ0n) is 11.8. The minimum Gasteiger partial charge on any atom is -0.339 e. The van der Waals surface area contributed by atoms with Crippen molar-refractivity contribution >= 4 is 17.7 Å².